The highest BCUT2D eigenvalue weighted by atomic mass is 14.8. The Morgan fingerprint density at radius 1 is 0.353 bits per heavy atom. The lowest BCUT2D eigenvalue weighted by Crippen LogP contribution is -2.26. The summed E-state index contributed by atoms with van der Waals surface area (Å²) in [6, 6.07) is 52.6. The summed E-state index contributed by atoms with van der Waals surface area (Å²) in [5.74, 6) is 0. The van der Waals surface area contributed by atoms with Crippen molar-refractivity contribution in [1.82, 2.24) is 19.9 Å². The highest BCUT2D eigenvalue weighted by Crippen LogP contribution is 2.63. The first kappa shape index (κ1) is 29.4. The number of hydrogen-bond acceptors (Lipinski definition) is 4. The third-order valence-corrected chi connectivity index (χ3v) is 10.6. The summed E-state index contributed by atoms with van der Waals surface area (Å²) >= 11 is 0. The number of fused-ring (bicyclic) bond motifs is 10. The van der Waals surface area contributed by atoms with Crippen LogP contribution in [0.15, 0.2) is 158 Å². The average Bonchev–Trinajstić information content (AvgIpc) is 3.65. The van der Waals surface area contributed by atoms with E-state index in [0.717, 1.165) is 56.4 Å². The molecule has 0 N–H and O–H groups in total. The molecule has 4 nitrogen and oxygen atoms in total. The van der Waals surface area contributed by atoms with E-state index in [1.807, 2.05) is 62.6 Å². The topological polar surface area (TPSA) is 51.6 Å². The molecule has 2 aliphatic rings. The maximum atomic E-state index is 4.76. The minimum absolute atomic E-state index is 0.480. The summed E-state index contributed by atoms with van der Waals surface area (Å²) in [4.78, 5) is 18.9. The Morgan fingerprint density at radius 3 is 1.25 bits per heavy atom. The summed E-state index contributed by atoms with van der Waals surface area (Å²) in [6.45, 7) is 4.03. The van der Waals surface area contributed by atoms with Gasteiger partial charge >= 0.3 is 0 Å². The Labute approximate surface area is 297 Å². The number of pyridine rings is 4. The summed E-state index contributed by atoms with van der Waals surface area (Å²) in [5, 5.41) is 0. The highest BCUT2D eigenvalue weighted by Gasteiger charge is 2.51. The van der Waals surface area contributed by atoms with Gasteiger partial charge in [-0.2, -0.15) is 0 Å². The van der Waals surface area contributed by atoms with E-state index in [1.165, 1.54) is 44.5 Å². The Kier molecular flexibility index (Phi) is 6.49. The molecule has 0 unspecified atom stereocenters. The van der Waals surface area contributed by atoms with E-state index >= 15 is 0 Å². The molecule has 0 saturated heterocycles. The van der Waals surface area contributed by atoms with Gasteiger partial charge in [0.15, 0.2) is 0 Å². The molecular weight excluding hydrogens is 621 g/mol. The average molecular weight is 653 g/mol. The van der Waals surface area contributed by atoms with Crippen LogP contribution in [0.2, 0.25) is 0 Å². The van der Waals surface area contributed by atoms with Crippen molar-refractivity contribution in [2.45, 2.75) is 19.3 Å². The third kappa shape index (κ3) is 4.46. The van der Waals surface area contributed by atoms with Gasteiger partial charge in [0.2, 0.25) is 0 Å². The van der Waals surface area contributed by atoms with Crippen LogP contribution in [-0.2, 0) is 5.41 Å². The smallest absolute Gasteiger partial charge is 0.0892 e. The quantitative estimate of drug-likeness (QED) is 0.190. The molecule has 0 amide bonds. The zero-order valence-corrected chi connectivity index (χ0v) is 28.3. The van der Waals surface area contributed by atoms with Crippen molar-refractivity contribution in [3.05, 3.63) is 192 Å². The van der Waals surface area contributed by atoms with Gasteiger partial charge in [-0.25, -0.2) is 0 Å². The van der Waals surface area contributed by atoms with Crippen molar-refractivity contribution in [2.24, 2.45) is 0 Å². The molecule has 0 radical (unpaired) electrons. The molecule has 0 atom stereocenters. The van der Waals surface area contributed by atoms with Crippen LogP contribution in [0.1, 0.15) is 33.6 Å². The number of aromatic nitrogens is 4. The number of benzene rings is 4. The van der Waals surface area contributed by atoms with Crippen molar-refractivity contribution < 1.29 is 0 Å². The second kappa shape index (κ2) is 11.3. The lowest BCUT2D eigenvalue weighted by Gasteiger charge is -2.31. The van der Waals surface area contributed by atoms with Gasteiger partial charge < -0.3 is 0 Å². The minimum atomic E-state index is -0.480. The molecule has 8 aromatic rings. The Morgan fingerprint density at radius 2 is 0.784 bits per heavy atom. The molecule has 0 aliphatic heterocycles. The first-order valence-electron chi connectivity index (χ1n) is 17.4. The number of nitrogens with zero attached hydrogens (tertiary/aromatic N) is 4. The van der Waals surface area contributed by atoms with Gasteiger partial charge in [-0.1, -0.05) is 84.9 Å². The normalized spacial score (nSPS) is 13.1. The molecule has 0 bridgehead atoms. The molecule has 4 heterocycles. The maximum absolute atomic E-state index is 4.76. The van der Waals surface area contributed by atoms with Crippen molar-refractivity contribution >= 4 is 0 Å². The SMILES string of the molecule is Cc1cccc(-c2cc(-c3ccc4c(c3)C3(c5ccccc5-c5ccccc53)c3cc(-c5ccnc(-c6cccc(C)n6)c5)ccc3-4)ccn2)n1. The third-order valence-electron chi connectivity index (χ3n) is 10.6. The van der Waals surface area contributed by atoms with Crippen LogP contribution in [0.4, 0.5) is 0 Å². The Balaban J connectivity index is 1.19. The van der Waals surface area contributed by atoms with Crippen LogP contribution in [-0.4, -0.2) is 19.9 Å². The summed E-state index contributed by atoms with van der Waals surface area (Å²) in [6.07, 6.45) is 3.79. The Bertz CT molecular complexity index is 2500. The number of rotatable bonds is 4. The summed E-state index contributed by atoms with van der Waals surface area (Å²) in [7, 11) is 0. The van der Waals surface area contributed by atoms with E-state index in [1.54, 1.807) is 0 Å². The molecule has 4 aromatic carbocycles. The van der Waals surface area contributed by atoms with E-state index in [-0.39, 0.29) is 0 Å². The van der Waals surface area contributed by atoms with E-state index in [9.17, 15) is 0 Å². The van der Waals surface area contributed by atoms with Crippen LogP contribution in [0.3, 0.4) is 0 Å². The van der Waals surface area contributed by atoms with Gasteiger partial charge in [0.25, 0.3) is 0 Å². The van der Waals surface area contributed by atoms with Crippen LogP contribution in [0.25, 0.3) is 67.3 Å². The fraction of sp³-hybridized carbons (Fsp3) is 0.0638. The molecular formula is C47H32N4. The lowest BCUT2D eigenvalue weighted by atomic mass is 9.70. The van der Waals surface area contributed by atoms with E-state index < -0.39 is 5.41 Å². The Hall–Kier alpha value is -6.52. The van der Waals surface area contributed by atoms with E-state index in [2.05, 4.69) is 109 Å². The van der Waals surface area contributed by atoms with Gasteiger partial charge in [-0.3, -0.25) is 19.9 Å². The van der Waals surface area contributed by atoms with Gasteiger partial charge in [-0.05, 0) is 141 Å². The predicted molar refractivity (Wildman–Crippen MR) is 205 cm³/mol. The monoisotopic (exact) mass is 652 g/mol. The van der Waals surface area contributed by atoms with Crippen LogP contribution in [0.5, 0.6) is 0 Å². The lowest BCUT2D eigenvalue weighted by molar-refractivity contribution is 0.794. The highest BCUT2D eigenvalue weighted by molar-refractivity contribution is 5.97. The van der Waals surface area contributed by atoms with Crippen molar-refractivity contribution in [3.8, 4) is 67.3 Å². The van der Waals surface area contributed by atoms with Crippen LogP contribution >= 0.6 is 0 Å². The van der Waals surface area contributed by atoms with Crippen molar-refractivity contribution in [3.63, 3.8) is 0 Å². The summed E-state index contributed by atoms with van der Waals surface area (Å²) < 4.78 is 0. The molecule has 2 aliphatic carbocycles. The molecule has 10 rings (SSSR count). The molecule has 1 spiro atoms. The minimum Gasteiger partial charge on any atom is -0.255 e. The maximum Gasteiger partial charge on any atom is 0.0892 e. The predicted octanol–water partition coefficient (Wildman–Crippen LogP) is 10.9. The van der Waals surface area contributed by atoms with Crippen LogP contribution in [0, 0.1) is 13.8 Å². The second-order valence-electron chi connectivity index (χ2n) is 13.5. The molecule has 4 heteroatoms. The zero-order chi connectivity index (χ0) is 34.1. The summed E-state index contributed by atoms with van der Waals surface area (Å²) in [5.41, 5.74) is 19.9. The fourth-order valence-electron chi connectivity index (χ4n) is 8.37. The molecule has 240 valence electrons. The molecule has 0 saturated carbocycles. The fourth-order valence-corrected chi connectivity index (χ4v) is 8.37. The van der Waals surface area contributed by atoms with E-state index in [4.69, 9.17) is 19.9 Å². The molecule has 51 heavy (non-hydrogen) atoms. The van der Waals surface area contributed by atoms with Crippen molar-refractivity contribution in [1.29, 1.82) is 0 Å². The van der Waals surface area contributed by atoms with Gasteiger partial charge in [0, 0.05) is 23.8 Å². The van der Waals surface area contributed by atoms with Crippen molar-refractivity contribution in [2.75, 3.05) is 0 Å². The zero-order valence-electron chi connectivity index (χ0n) is 28.3. The first-order valence-corrected chi connectivity index (χ1v) is 17.4. The molecule has 4 aromatic heterocycles. The second-order valence-corrected chi connectivity index (χ2v) is 13.5. The van der Waals surface area contributed by atoms with Gasteiger partial charge in [-0.15, -0.1) is 0 Å². The van der Waals surface area contributed by atoms with Crippen LogP contribution < -0.4 is 0 Å². The molecule has 0 fully saturated rings. The number of hydrogen-bond donors (Lipinski definition) is 0. The van der Waals surface area contributed by atoms with Gasteiger partial charge in [0.05, 0.1) is 28.2 Å². The largest absolute Gasteiger partial charge is 0.255 e. The number of aryl methyl sites for hydroxylation is 2. The standard InChI is InChI=1S/C47H32N4/c1-29-9-7-15-43(50-29)45-27-33(21-23-48-45)31-17-19-37-38-20-18-32(34-22-24-49-46(28-34)44-16-8-10-30(2)51-44)26-42(38)47(41(37)25-31)39-13-5-3-11-35(39)36-12-4-6-14-40(36)47/h3-28H,1-2H3. The van der Waals surface area contributed by atoms with E-state index in [0.29, 0.717) is 0 Å². The first-order chi connectivity index (χ1) is 25.1. The van der Waals surface area contributed by atoms with Gasteiger partial charge in [0.1, 0.15) is 0 Å².